The molecule has 2 N–H and O–H groups in total. The van der Waals surface area contributed by atoms with Gasteiger partial charge in [0.25, 0.3) is 5.91 Å². The molecule has 170 valence electrons. The zero-order valence-electron chi connectivity index (χ0n) is 18.1. The van der Waals surface area contributed by atoms with Crippen molar-refractivity contribution in [3.8, 4) is 16.9 Å². The highest BCUT2D eigenvalue weighted by molar-refractivity contribution is 6.06. The molecule has 0 saturated carbocycles. The average molecular weight is 456 g/mol. The number of carbonyl (C=O) groups excluding carboxylic acids is 1. The molecule has 0 fully saturated rings. The fraction of sp³-hybridized carbons (Fsp3) is 0.0800. The van der Waals surface area contributed by atoms with E-state index in [1.165, 1.54) is 18.6 Å². The van der Waals surface area contributed by atoms with Crippen LogP contribution < -0.4 is 15.4 Å². The van der Waals surface area contributed by atoms with E-state index in [0.717, 1.165) is 5.56 Å². The number of rotatable bonds is 9. The maximum atomic E-state index is 13.0. The first-order valence-corrected chi connectivity index (χ1v) is 10.4. The van der Waals surface area contributed by atoms with Crippen molar-refractivity contribution in [3.63, 3.8) is 0 Å². The molecule has 0 bridgehead atoms. The predicted molar refractivity (Wildman–Crippen MR) is 128 cm³/mol. The third kappa shape index (κ3) is 5.57. The van der Waals surface area contributed by atoms with E-state index in [0.29, 0.717) is 46.4 Å². The quantitative estimate of drug-likeness (QED) is 0.343. The molecule has 0 aliphatic carbocycles. The van der Waals surface area contributed by atoms with Gasteiger partial charge in [0.15, 0.2) is 0 Å². The third-order valence-electron chi connectivity index (χ3n) is 4.77. The van der Waals surface area contributed by atoms with Crippen molar-refractivity contribution < 1.29 is 13.9 Å². The summed E-state index contributed by atoms with van der Waals surface area (Å²) in [7, 11) is 0. The van der Waals surface area contributed by atoms with Gasteiger partial charge in [-0.05, 0) is 35.9 Å². The minimum Gasteiger partial charge on any atom is -0.490 e. The van der Waals surface area contributed by atoms with E-state index in [4.69, 9.17) is 4.74 Å². The summed E-state index contributed by atoms with van der Waals surface area (Å²) in [5, 5.41) is 13.7. The Hall–Kier alpha value is -4.66. The summed E-state index contributed by atoms with van der Waals surface area (Å²) in [5.74, 6) is 1.29. The number of pyridine rings is 2. The van der Waals surface area contributed by atoms with E-state index < -0.39 is 6.67 Å². The Labute approximate surface area is 195 Å². The van der Waals surface area contributed by atoms with Gasteiger partial charge in [0, 0.05) is 29.1 Å². The Kier molecular flexibility index (Phi) is 7.14. The van der Waals surface area contributed by atoms with Crippen molar-refractivity contribution in [2.75, 3.05) is 17.2 Å². The van der Waals surface area contributed by atoms with E-state index in [2.05, 4.69) is 37.4 Å². The minimum atomic E-state index is -0.583. The number of alkyl halides is 1. The standard InChI is InChI=1S/C25H21FN6O2/c1-2-11-34-20-6-4-18(5-7-20)21-15-29-30-16-22(21)31-25(33)19-9-10-27-24(12-19)32-23-8-3-17(13-26)14-28-23/h2-10,12,14-16H,1,11,13H2,(H,27,28,32)(H,29,31,33). The van der Waals surface area contributed by atoms with Crippen molar-refractivity contribution in [2.45, 2.75) is 6.67 Å². The highest BCUT2D eigenvalue weighted by Crippen LogP contribution is 2.28. The maximum Gasteiger partial charge on any atom is 0.255 e. The average Bonchev–Trinajstić information content (AvgIpc) is 2.89. The smallest absolute Gasteiger partial charge is 0.255 e. The Morgan fingerprint density at radius 2 is 1.82 bits per heavy atom. The number of carbonyl (C=O) groups is 1. The molecule has 1 amide bonds. The summed E-state index contributed by atoms with van der Waals surface area (Å²) in [6, 6.07) is 13.9. The van der Waals surface area contributed by atoms with Crippen molar-refractivity contribution in [1.82, 2.24) is 20.2 Å². The van der Waals surface area contributed by atoms with Crippen LogP contribution in [0.1, 0.15) is 15.9 Å². The lowest BCUT2D eigenvalue weighted by Crippen LogP contribution is -2.13. The number of nitrogens with zero attached hydrogens (tertiary/aromatic N) is 4. The normalized spacial score (nSPS) is 10.4. The fourth-order valence-electron chi connectivity index (χ4n) is 3.08. The molecule has 0 atom stereocenters. The minimum absolute atomic E-state index is 0.341. The first-order chi connectivity index (χ1) is 16.7. The van der Waals surface area contributed by atoms with Crippen LogP contribution >= 0.6 is 0 Å². The number of ether oxygens (including phenoxy) is 1. The van der Waals surface area contributed by atoms with Gasteiger partial charge in [-0.25, -0.2) is 14.4 Å². The molecule has 0 unspecified atom stereocenters. The van der Waals surface area contributed by atoms with Crippen molar-refractivity contribution in [2.24, 2.45) is 0 Å². The summed E-state index contributed by atoms with van der Waals surface area (Å²) >= 11 is 0. The number of anilines is 3. The van der Waals surface area contributed by atoms with Crippen molar-refractivity contribution in [3.05, 3.63) is 97.1 Å². The topological polar surface area (TPSA) is 102 Å². The lowest BCUT2D eigenvalue weighted by molar-refractivity contribution is 0.102. The van der Waals surface area contributed by atoms with Gasteiger partial charge in [-0.3, -0.25) is 4.79 Å². The van der Waals surface area contributed by atoms with Crippen LogP contribution in [0.2, 0.25) is 0 Å². The number of halogens is 1. The molecular formula is C25H21FN6O2. The molecule has 0 aliphatic rings. The maximum absolute atomic E-state index is 13.0. The van der Waals surface area contributed by atoms with Gasteiger partial charge >= 0.3 is 0 Å². The first-order valence-electron chi connectivity index (χ1n) is 10.4. The molecule has 8 nitrogen and oxygen atoms in total. The molecule has 0 saturated heterocycles. The number of hydrogen-bond donors (Lipinski definition) is 2. The molecule has 9 heteroatoms. The number of nitrogens with one attached hydrogen (secondary N) is 2. The Morgan fingerprint density at radius 3 is 2.56 bits per heavy atom. The Morgan fingerprint density at radius 1 is 1.00 bits per heavy atom. The van der Waals surface area contributed by atoms with E-state index >= 15 is 0 Å². The third-order valence-corrected chi connectivity index (χ3v) is 4.77. The van der Waals surface area contributed by atoms with Gasteiger partial charge in [0.05, 0.1) is 18.1 Å². The molecule has 0 spiro atoms. The Bertz CT molecular complexity index is 1280. The van der Waals surface area contributed by atoms with Crippen molar-refractivity contribution in [1.29, 1.82) is 0 Å². The lowest BCUT2D eigenvalue weighted by atomic mass is 10.1. The largest absolute Gasteiger partial charge is 0.490 e. The van der Waals surface area contributed by atoms with E-state index in [1.54, 1.807) is 36.5 Å². The van der Waals surface area contributed by atoms with Crippen LogP contribution in [0, 0.1) is 0 Å². The predicted octanol–water partition coefficient (Wildman–Crippen LogP) is 4.96. The number of amides is 1. The molecule has 3 heterocycles. The van der Waals surface area contributed by atoms with E-state index in [-0.39, 0.29) is 5.91 Å². The lowest BCUT2D eigenvalue weighted by Gasteiger charge is -2.12. The van der Waals surface area contributed by atoms with Crippen LogP contribution in [-0.4, -0.2) is 32.7 Å². The second kappa shape index (κ2) is 10.8. The summed E-state index contributed by atoms with van der Waals surface area (Å²) in [4.78, 5) is 21.3. The van der Waals surface area contributed by atoms with Gasteiger partial charge in [0.2, 0.25) is 0 Å². The molecule has 1 aromatic carbocycles. The van der Waals surface area contributed by atoms with E-state index in [9.17, 15) is 9.18 Å². The fourth-order valence-corrected chi connectivity index (χ4v) is 3.08. The van der Waals surface area contributed by atoms with E-state index in [1.807, 2.05) is 24.3 Å². The highest BCUT2D eigenvalue weighted by Gasteiger charge is 2.13. The Balaban J connectivity index is 1.50. The van der Waals surface area contributed by atoms with Crippen LogP contribution in [0.4, 0.5) is 21.7 Å². The number of aromatic nitrogens is 4. The summed E-state index contributed by atoms with van der Waals surface area (Å²) in [5.41, 5.74) is 2.93. The zero-order valence-corrected chi connectivity index (χ0v) is 18.1. The van der Waals surface area contributed by atoms with Crippen LogP contribution in [0.15, 0.2) is 86.0 Å². The molecule has 0 radical (unpaired) electrons. The number of hydrogen-bond acceptors (Lipinski definition) is 7. The molecule has 0 aliphatic heterocycles. The van der Waals surface area contributed by atoms with Crippen LogP contribution in [0.25, 0.3) is 11.1 Å². The van der Waals surface area contributed by atoms with Crippen LogP contribution in [0.3, 0.4) is 0 Å². The van der Waals surface area contributed by atoms with Gasteiger partial charge in [-0.2, -0.15) is 10.2 Å². The molecule has 34 heavy (non-hydrogen) atoms. The summed E-state index contributed by atoms with van der Waals surface area (Å²) in [6.07, 6.45) is 7.70. The zero-order chi connectivity index (χ0) is 23.8. The van der Waals surface area contributed by atoms with Gasteiger partial charge < -0.3 is 15.4 Å². The SMILES string of the molecule is C=CCOc1ccc(-c2cnncc2NC(=O)c2ccnc(Nc3ccc(CF)cn3)c2)cc1. The molecular weight excluding hydrogens is 435 g/mol. The summed E-state index contributed by atoms with van der Waals surface area (Å²) in [6.45, 7) is 3.47. The van der Waals surface area contributed by atoms with Gasteiger partial charge in [0.1, 0.15) is 30.7 Å². The van der Waals surface area contributed by atoms with Gasteiger partial charge in [-0.1, -0.05) is 30.9 Å². The van der Waals surface area contributed by atoms with Crippen LogP contribution in [-0.2, 0) is 6.67 Å². The van der Waals surface area contributed by atoms with Crippen LogP contribution in [0.5, 0.6) is 5.75 Å². The molecule has 4 aromatic rings. The molecule has 3 aromatic heterocycles. The monoisotopic (exact) mass is 456 g/mol. The van der Waals surface area contributed by atoms with Crippen molar-refractivity contribution >= 4 is 23.2 Å². The van der Waals surface area contributed by atoms with Gasteiger partial charge in [-0.15, -0.1) is 0 Å². The first kappa shape index (κ1) is 22.5. The highest BCUT2D eigenvalue weighted by atomic mass is 19.1. The number of benzene rings is 1. The summed E-state index contributed by atoms with van der Waals surface area (Å²) < 4.78 is 18.2. The second-order valence-corrected chi connectivity index (χ2v) is 7.13. The second-order valence-electron chi connectivity index (χ2n) is 7.13. The molecule has 4 rings (SSSR count).